The average Bonchev–Trinajstić information content (AvgIpc) is 3.35. The largest absolute Gasteiger partial charge is 0.493 e. The number of rotatable bonds is 7. The highest BCUT2D eigenvalue weighted by molar-refractivity contribution is 5.94. The molecular weight excluding hydrogens is 396 g/mol. The maximum absolute atomic E-state index is 12.6. The van der Waals surface area contributed by atoms with Crippen LogP contribution in [0.3, 0.4) is 0 Å². The Morgan fingerprint density at radius 3 is 2.26 bits per heavy atom. The van der Waals surface area contributed by atoms with Gasteiger partial charge in [-0.1, -0.05) is 6.07 Å². The van der Waals surface area contributed by atoms with Gasteiger partial charge in [-0.2, -0.15) is 0 Å². The zero-order chi connectivity index (χ0) is 21.6. The first-order valence-corrected chi connectivity index (χ1v) is 10.3. The Morgan fingerprint density at radius 1 is 0.935 bits per heavy atom. The molecule has 0 unspecified atom stereocenters. The van der Waals surface area contributed by atoms with Crippen LogP contribution < -0.4 is 19.5 Å². The van der Waals surface area contributed by atoms with E-state index in [2.05, 4.69) is 15.5 Å². The molecule has 8 heteroatoms. The number of nitrogens with zero attached hydrogens (tertiary/aromatic N) is 3. The minimum atomic E-state index is -0.0610. The summed E-state index contributed by atoms with van der Waals surface area (Å²) in [5.41, 5.74) is 1.54. The van der Waals surface area contributed by atoms with E-state index in [1.165, 1.54) is 0 Å². The summed E-state index contributed by atoms with van der Waals surface area (Å²) in [4.78, 5) is 12.6. The third kappa shape index (κ3) is 4.79. The minimum absolute atomic E-state index is 0.0610. The first-order chi connectivity index (χ1) is 15.2. The summed E-state index contributed by atoms with van der Waals surface area (Å²) in [5.74, 6) is 1.88. The molecule has 1 N–H and O–H groups in total. The highest BCUT2D eigenvalue weighted by Crippen LogP contribution is 2.38. The number of ether oxygens (including phenoxy) is 3. The van der Waals surface area contributed by atoms with Gasteiger partial charge in [-0.05, 0) is 62.1 Å². The Balaban J connectivity index is 1.30. The molecule has 0 bridgehead atoms. The van der Waals surface area contributed by atoms with E-state index in [1.54, 1.807) is 31.4 Å². The lowest BCUT2D eigenvalue weighted by molar-refractivity contribution is 0.0891. The molecule has 31 heavy (non-hydrogen) atoms. The Labute approximate surface area is 181 Å². The SMILES string of the molecule is COc1cccc(OC2CCC(NC(=O)c3ccc(-n4cnnc4)cc3)CC2)c1OC. The van der Waals surface area contributed by atoms with Gasteiger partial charge in [0.15, 0.2) is 11.5 Å². The van der Waals surface area contributed by atoms with Gasteiger partial charge in [0.25, 0.3) is 5.91 Å². The number of carbonyl (C=O) groups is 1. The van der Waals surface area contributed by atoms with E-state index in [0.717, 1.165) is 31.4 Å². The van der Waals surface area contributed by atoms with Crippen molar-refractivity contribution < 1.29 is 19.0 Å². The number of amides is 1. The van der Waals surface area contributed by atoms with E-state index in [0.29, 0.717) is 22.8 Å². The van der Waals surface area contributed by atoms with Gasteiger partial charge in [0.2, 0.25) is 5.75 Å². The van der Waals surface area contributed by atoms with Crippen LogP contribution in [-0.2, 0) is 0 Å². The molecule has 0 saturated heterocycles. The molecule has 1 aliphatic carbocycles. The van der Waals surface area contributed by atoms with Gasteiger partial charge in [-0.25, -0.2) is 0 Å². The Bertz CT molecular complexity index is 997. The van der Waals surface area contributed by atoms with E-state index < -0.39 is 0 Å². The average molecular weight is 422 g/mol. The Hall–Kier alpha value is -3.55. The van der Waals surface area contributed by atoms with Gasteiger partial charge in [0, 0.05) is 17.3 Å². The van der Waals surface area contributed by atoms with Gasteiger partial charge in [0.1, 0.15) is 12.7 Å². The monoisotopic (exact) mass is 422 g/mol. The van der Waals surface area contributed by atoms with Crippen LogP contribution >= 0.6 is 0 Å². The summed E-state index contributed by atoms with van der Waals surface area (Å²) in [6.45, 7) is 0. The van der Waals surface area contributed by atoms with Crippen molar-refractivity contribution in [1.82, 2.24) is 20.1 Å². The molecule has 1 fully saturated rings. The molecule has 0 atom stereocenters. The van der Waals surface area contributed by atoms with Gasteiger partial charge < -0.3 is 19.5 Å². The molecule has 1 amide bonds. The second kappa shape index (κ2) is 9.51. The van der Waals surface area contributed by atoms with Gasteiger partial charge in [-0.3, -0.25) is 9.36 Å². The standard InChI is InChI=1S/C23H26N4O4/c1-29-20-4-3-5-21(22(20)30-2)31-19-12-8-17(9-13-19)26-23(28)16-6-10-18(11-7-16)27-14-24-25-15-27/h3-7,10-11,14-15,17,19H,8-9,12-13H2,1-2H3,(H,26,28). The van der Waals surface area contributed by atoms with Crippen LogP contribution in [0.5, 0.6) is 17.2 Å². The number of aromatic nitrogens is 3. The Morgan fingerprint density at radius 2 is 1.61 bits per heavy atom. The van der Waals surface area contributed by atoms with Crippen LogP contribution in [0.25, 0.3) is 5.69 Å². The molecule has 1 aliphatic rings. The van der Waals surface area contributed by atoms with Crippen LogP contribution in [0.2, 0.25) is 0 Å². The van der Waals surface area contributed by atoms with E-state index in [4.69, 9.17) is 14.2 Å². The lowest BCUT2D eigenvalue weighted by Gasteiger charge is -2.30. The van der Waals surface area contributed by atoms with Crippen LogP contribution in [0.15, 0.2) is 55.1 Å². The van der Waals surface area contributed by atoms with E-state index >= 15 is 0 Å². The second-order valence-corrected chi connectivity index (χ2v) is 7.47. The molecule has 4 rings (SSSR count). The van der Waals surface area contributed by atoms with Crippen molar-refractivity contribution in [3.8, 4) is 22.9 Å². The van der Waals surface area contributed by atoms with Crippen molar-refractivity contribution in [2.24, 2.45) is 0 Å². The normalized spacial score (nSPS) is 18.3. The molecule has 3 aromatic rings. The van der Waals surface area contributed by atoms with Crippen molar-refractivity contribution in [3.05, 3.63) is 60.7 Å². The summed E-state index contributed by atoms with van der Waals surface area (Å²) in [6.07, 6.45) is 6.77. The van der Waals surface area contributed by atoms with Crippen LogP contribution in [0, 0.1) is 0 Å². The molecule has 8 nitrogen and oxygen atoms in total. The fourth-order valence-electron chi connectivity index (χ4n) is 3.84. The lowest BCUT2D eigenvalue weighted by Crippen LogP contribution is -2.39. The quantitative estimate of drug-likeness (QED) is 0.628. The van der Waals surface area contributed by atoms with Gasteiger partial charge >= 0.3 is 0 Å². The van der Waals surface area contributed by atoms with Crippen molar-refractivity contribution in [3.63, 3.8) is 0 Å². The summed E-state index contributed by atoms with van der Waals surface area (Å²) in [7, 11) is 3.22. The topological polar surface area (TPSA) is 87.5 Å². The van der Waals surface area contributed by atoms with E-state index in [-0.39, 0.29) is 18.1 Å². The molecule has 1 heterocycles. The predicted molar refractivity (Wildman–Crippen MR) is 115 cm³/mol. The predicted octanol–water partition coefficient (Wildman–Crippen LogP) is 3.40. The van der Waals surface area contributed by atoms with Crippen molar-refractivity contribution in [1.29, 1.82) is 0 Å². The maximum atomic E-state index is 12.6. The summed E-state index contributed by atoms with van der Waals surface area (Å²) >= 11 is 0. The third-order valence-electron chi connectivity index (χ3n) is 5.52. The first-order valence-electron chi connectivity index (χ1n) is 10.3. The maximum Gasteiger partial charge on any atom is 0.251 e. The molecule has 0 spiro atoms. The van der Waals surface area contributed by atoms with Crippen LogP contribution in [0.1, 0.15) is 36.0 Å². The van der Waals surface area contributed by atoms with Crippen molar-refractivity contribution >= 4 is 5.91 Å². The summed E-state index contributed by atoms with van der Waals surface area (Å²) in [6, 6.07) is 13.1. The number of benzene rings is 2. The van der Waals surface area contributed by atoms with Crippen molar-refractivity contribution in [2.75, 3.05) is 14.2 Å². The lowest BCUT2D eigenvalue weighted by atomic mass is 9.92. The Kier molecular flexibility index (Phi) is 6.35. The molecule has 1 saturated carbocycles. The molecule has 1 aromatic heterocycles. The third-order valence-corrected chi connectivity index (χ3v) is 5.52. The minimum Gasteiger partial charge on any atom is -0.493 e. The van der Waals surface area contributed by atoms with E-state index in [1.807, 2.05) is 42.5 Å². The number of hydrogen-bond acceptors (Lipinski definition) is 6. The summed E-state index contributed by atoms with van der Waals surface area (Å²) < 4.78 is 18.8. The zero-order valence-electron chi connectivity index (χ0n) is 17.7. The summed E-state index contributed by atoms with van der Waals surface area (Å²) in [5, 5.41) is 10.7. The second-order valence-electron chi connectivity index (χ2n) is 7.47. The van der Waals surface area contributed by atoms with Crippen LogP contribution in [0.4, 0.5) is 0 Å². The number of nitrogens with one attached hydrogen (secondary N) is 1. The first kappa shape index (κ1) is 20.7. The van der Waals surface area contributed by atoms with E-state index in [9.17, 15) is 4.79 Å². The molecular formula is C23H26N4O4. The number of para-hydroxylation sites is 1. The number of carbonyl (C=O) groups excluding carboxylic acids is 1. The highest BCUT2D eigenvalue weighted by atomic mass is 16.5. The molecule has 162 valence electrons. The molecule has 0 aliphatic heterocycles. The molecule has 0 radical (unpaired) electrons. The van der Waals surface area contributed by atoms with Crippen molar-refractivity contribution in [2.45, 2.75) is 37.8 Å². The number of methoxy groups -OCH3 is 2. The van der Waals surface area contributed by atoms with Crippen LogP contribution in [-0.4, -0.2) is 47.0 Å². The van der Waals surface area contributed by atoms with Gasteiger partial charge in [-0.15, -0.1) is 10.2 Å². The highest BCUT2D eigenvalue weighted by Gasteiger charge is 2.25. The molecule has 2 aromatic carbocycles. The van der Waals surface area contributed by atoms with Gasteiger partial charge in [0.05, 0.1) is 20.3 Å². The number of hydrogen-bond donors (Lipinski definition) is 1. The fourth-order valence-corrected chi connectivity index (χ4v) is 3.84. The zero-order valence-corrected chi connectivity index (χ0v) is 17.7. The fraction of sp³-hybridized carbons (Fsp3) is 0.348. The smallest absolute Gasteiger partial charge is 0.251 e.